The Morgan fingerprint density at radius 1 is 1.26 bits per heavy atom. The van der Waals surface area contributed by atoms with E-state index in [1.165, 1.54) is 0 Å². The van der Waals surface area contributed by atoms with E-state index in [0.29, 0.717) is 29.5 Å². The first-order chi connectivity index (χ1) is 11.0. The van der Waals surface area contributed by atoms with E-state index < -0.39 is 6.16 Å². The number of aryl methyl sites for hydroxylation is 1. The summed E-state index contributed by atoms with van der Waals surface area (Å²) >= 11 is 0. The number of imidazole rings is 1. The van der Waals surface area contributed by atoms with Crippen LogP contribution in [0.1, 0.15) is 19.4 Å². The fourth-order valence-electron chi connectivity index (χ4n) is 2.01. The van der Waals surface area contributed by atoms with Crippen molar-refractivity contribution in [3.63, 3.8) is 0 Å². The molecule has 6 nitrogen and oxygen atoms in total. The molecule has 0 aliphatic rings. The average Bonchev–Trinajstić information content (AvgIpc) is 2.99. The quantitative estimate of drug-likeness (QED) is 0.460. The summed E-state index contributed by atoms with van der Waals surface area (Å²) in [6.07, 6.45) is 2.63. The fourth-order valence-corrected chi connectivity index (χ4v) is 2.01. The third kappa shape index (κ3) is 4.12. The molecule has 0 amide bonds. The summed E-state index contributed by atoms with van der Waals surface area (Å²) in [5.74, 6) is 0.869. The van der Waals surface area contributed by atoms with Gasteiger partial charge >= 0.3 is 6.16 Å². The maximum Gasteiger partial charge on any atom is 0.513 e. The topological polar surface area (TPSA) is 62.6 Å². The van der Waals surface area contributed by atoms with Gasteiger partial charge in [-0.15, -0.1) is 0 Å². The van der Waals surface area contributed by atoms with Gasteiger partial charge in [0.2, 0.25) is 0 Å². The number of benzene rings is 1. The number of hydrogen-bond acceptors (Lipinski definition) is 5. The highest BCUT2D eigenvalue weighted by molar-refractivity contribution is 5.73. The van der Waals surface area contributed by atoms with Gasteiger partial charge in [-0.1, -0.05) is 11.6 Å². The zero-order valence-corrected chi connectivity index (χ0v) is 13.5. The molecule has 1 aromatic heterocycles. The van der Waals surface area contributed by atoms with Gasteiger partial charge in [0.15, 0.2) is 5.88 Å². The average molecular weight is 316 g/mol. The van der Waals surface area contributed by atoms with E-state index in [1.54, 1.807) is 30.1 Å². The Morgan fingerprint density at radius 2 is 2.00 bits per heavy atom. The SMILES string of the molecule is C=C(OCC)n1cnc(-c2cc(C)ccc2OC(=O)OCC)c1. The number of carbonyl (C=O) groups is 1. The third-order valence-corrected chi connectivity index (χ3v) is 3.05. The molecule has 0 aliphatic carbocycles. The molecule has 6 heteroatoms. The number of nitrogens with zero attached hydrogens (tertiary/aromatic N) is 2. The minimum atomic E-state index is -0.740. The van der Waals surface area contributed by atoms with Gasteiger partial charge in [0.1, 0.15) is 12.1 Å². The van der Waals surface area contributed by atoms with Gasteiger partial charge in [-0.25, -0.2) is 9.78 Å². The van der Waals surface area contributed by atoms with E-state index in [0.717, 1.165) is 5.56 Å². The van der Waals surface area contributed by atoms with Crippen molar-refractivity contribution < 1.29 is 19.0 Å². The van der Waals surface area contributed by atoms with Crippen molar-refractivity contribution in [1.82, 2.24) is 9.55 Å². The smallest absolute Gasteiger partial charge is 0.479 e. The molecule has 0 saturated heterocycles. The molecule has 0 radical (unpaired) electrons. The van der Waals surface area contributed by atoms with Crippen molar-refractivity contribution in [3.05, 3.63) is 42.9 Å². The van der Waals surface area contributed by atoms with Gasteiger partial charge in [0, 0.05) is 11.8 Å². The lowest BCUT2D eigenvalue weighted by Gasteiger charge is -2.09. The summed E-state index contributed by atoms with van der Waals surface area (Å²) in [6.45, 7) is 10.2. The first-order valence-corrected chi connectivity index (χ1v) is 7.36. The Balaban J connectivity index is 2.32. The Bertz CT molecular complexity index is 706. The molecule has 1 aromatic carbocycles. The molecule has 0 N–H and O–H groups in total. The van der Waals surface area contributed by atoms with Crippen molar-refractivity contribution >= 4 is 12.0 Å². The van der Waals surface area contributed by atoms with Crippen LogP contribution in [0.3, 0.4) is 0 Å². The molecule has 0 fully saturated rings. The summed E-state index contributed by atoms with van der Waals surface area (Å²) in [5, 5.41) is 0. The highest BCUT2D eigenvalue weighted by atomic mass is 16.7. The van der Waals surface area contributed by atoms with E-state index in [9.17, 15) is 4.79 Å². The Labute approximate surface area is 135 Å². The van der Waals surface area contributed by atoms with E-state index in [2.05, 4.69) is 11.6 Å². The van der Waals surface area contributed by atoms with Crippen molar-refractivity contribution in [2.45, 2.75) is 20.8 Å². The van der Waals surface area contributed by atoms with E-state index in [-0.39, 0.29) is 6.61 Å². The Morgan fingerprint density at radius 3 is 2.70 bits per heavy atom. The summed E-state index contributed by atoms with van der Waals surface area (Å²) < 4.78 is 17.1. The minimum Gasteiger partial charge on any atom is -0.479 e. The van der Waals surface area contributed by atoms with Crippen LogP contribution in [0.2, 0.25) is 0 Å². The second-order valence-corrected chi connectivity index (χ2v) is 4.78. The van der Waals surface area contributed by atoms with Gasteiger partial charge < -0.3 is 14.2 Å². The Hall–Kier alpha value is -2.76. The van der Waals surface area contributed by atoms with Crippen LogP contribution in [0.5, 0.6) is 5.75 Å². The zero-order valence-electron chi connectivity index (χ0n) is 13.5. The molecule has 0 spiro atoms. The highest BCUT2D eigenvalue weighted by Gasteiger charge is 2.14. The number of rotatable bonds is 6. The first-order valence-electron chi connectivity index (χ1n) is 7.36. The van der Waals surface area contributed by atoms with E-state index >= 15 is 0 Å². The molecule has 122 valence electrons. The summed E-state index contributed by atoms with van der Waals surface area (Å²) in [6, 6.07) is 5.47. The molecule has 1 heterocycles. The minimum absolute atomic E-state index is 0.253. The predicted molar refractivity (Wildman–Crippen MR) is 87.0 cm³/mol. The molecule has 0 aliphatic heterocycles. The highest BCUT2D eigenvalue weighted by Crippen LogP contribution is 2.30. The van der Waals surface area contributed by atoms with Crippen LogP contribution in [0, 0.1) is 6.92 Å². The molecule has 0 bridgehead atoms. The lowest BCUT2D eigenvalue weighted by atomic mass is 10.1. The van der Waals surface area contributed by atoms with Crippen LogP contribution in [-0.4, -0.2) is 28.9 Å². The van der Waals surface area contributed by atoms with Gasteiger partial charge in [-0.05, 0) is 39.5 Å². The lowest BCUT2D eigenvalue weighted by Crippen LogP contribution is -2.10. The maximum absolute atomic E-state index is 11.6. The van der Waals surface area contributed by atoms with Crippen LogP contribution in [0.15, 0.2) is 37.3 Å². The van der Waals surface area contributed by atoms with Crippen molar-refractivity contribution in [2.75, 3.05) is 13.2 Å². The molecule has 0 unspecified atom stereocenters. The molecule has 2 rings (SSSR count). The van der Waals surface area contributed by atoms with Crippen molar-refractivity contribution in [2.24, 2.45) is 0 Å². The summed E-state index contributed by atoms with van der Waals surface area (Å²) in [5.41, 5.74) is 2.37. The monoisotopic (exact) mass is 316 g/mol. The molecule has 23 heavy (non-hydrogen) atoms. The first kappa shape index (κ1) is 16.6. The zero-order chi connectivity index (χ0) is 16.8. The summed E-state index contributed by atoms with van der Waals surface area (Å²) in [4.78, 5) is 15.9. The fraction of sp³-hybridized carbons (Fsp3) is 0.294. The number of hydrogen-bond donors (Lipinski definition) is 0. The second-order valence-electron chi connectivity index (χ2n) is 4.78. The van der Waals surface area contributed by atoms with Crippen LogP contribution in [0.25, 0.3) is 17.1 Å². The van der Waals surface area contributed by atoms with Crippen LogP contribution in [-0.2, 0) is 9.47 Å². The van der Waals surface area contributed by atoms with E-state index in [4.69, 9.17) is 14.2 Å². The lowest BCUT2D eigenvalue weighted by molar-refractivity contribution is 0.104. The van der Waals surface area contributed by atoms with Crippen molar-refractivity contribution in [1.29, 1.82) is 0 Å². The second kappa shape index (κ2) is 7.49. The van der Waals surface area contributed by atoms with E-state index in [1.807, 2.05) is 26.0 Å². The summed E-state index contributed by atoms with van der Waals surface area (Å²) in [7, 11) is 0. The maximum atomic E-state index is 11.6. The predicted octanol–water partition coefficient (Wildman–Crippen LogP) is 3.86. The molecule has 0 saturated carbocycles. The third-order valence-electron chi connectivity index (χ3n) is 3.05. The molecular formula is C17H20N2O4. The van der Waals surface area contributed by atoms with Gasteiger partial charge in [-0.3, -0.25) is 4.57 Å². The normalized spacial score (nSPS) is 10.2. The standard InChI is InChI=1S/C17H20N2O4/c1-5-21-13(4)19-10-15(18-11-19)14-9-12(3)7-8-16(14)23-17(20)22-6-2/h7-11H,4-6H2,1-3H3. The number of carbonyl (C=O) groups excluding carboxylic acids is 1. The van der Waals surface area contributed by atoms with Gasteiger partial charge in [0.05, 0.1) is 18.9 Å². The molecular weight excluding hydrogens is 296 g/mol. The van der Waals surface area contributed by atoms with Crippen LogP contribution < -0.4 is 4.74 Å². The van der Waals surface area contributed by atoms with Crippen molar-refractivity contribution in [3.8, 4) is 17.0 Å². The number of aromatic nitrogens is 2. The van der Waals surface area contributed by atoms with Crippen LogP contribution >= 0.6 is 0 Å². The Kier molecular flexibility index (Phi) is 5.41. The van der Waals surface area contributed by atoms with Gasteiger partial charge in [0.25, 0.3) is 0 Å². The largest absolute Gasteiger partial charge is 0.513 e. The molecule has 2 aromatic rings. The van der Waals surface area contributed by atoms with Crippen LogP contribution in [0.4, 0.5) is 4.79 Å². The van der Waals surface area contributed by atoms with Gasteiger partial charge in [-0.2, -0.15) is 0 Å². The number of ether oxygens (including phenoxy) is 3. The molecule has 0 atom stereocenters.